The van der Waals surface area contributed by atoms with E-state index in [9.17, 15) is 19.8 Å². The fourth-order valence-corrected chi connectivity index (χ4v) is 5.77. The SMILES string of the molecule is COc1ccc2c(c1)[C@@](O)([C@H](C)/C=C/CCO)C(=O)N2Cc1cccc(N2C(=O)c3ccccc3Oc3ccccc32)c1. The second kappa shape index (κ2) is 11.4. The lowest BCUT2D eigenvalue weighted by Crippen LogP contribution is -2.44. The van der Waals surface area contributed by atoms with Gasteiger partial charge in [0.15, 0.2) is 11.4 Å². The van der Waals surface area contributed by atoms with E-state index >= 15 is 0 Å². The van der Waals surface area contributed by atoms with Crippen LogP contribution in [-0.4, -0.2) is 35.7 Å². The van der Waals surface area contributed by atoms with Gasteiger partial charge in [-0.05, 0) is 66.6 Å². The number of aliphatic hydroxyl groups is 2. The minimum absolute atomic E-state index is 0.0236. The van der Waals surface area contributed by atoms with Gasteiger partial charge in [-0.15, -0.1) is 0 Å². The van der Waals surface area contributed by atoms with Crippen LogP contribution in [0.15, 0.2) is 103 Å². The normalized spacial score (nSPS) is 18.1. The number of ether oxygens (including phenoxy) is 2. The lowest BCUT2D eigenvalue weighted by molar-refractivity contribution is -0.139. The fraction of sp³-hybridized carbons (Fsp3) is 0.200. The molecule has 2 aliphatic rings. The first-order chi connectivity index (χ1) is 20.9. The highest BCUT2D eigenvalue weighted by Gasteiger charge is 2.52. The van der Waals surface area contributed by atoms with E-state index in [1.807, 2.05) is 54.6 Å². The van der Waals surface area contributed by atoms with Gasteiger partial charge in [-0.1, -0.05) is 55.5 Å². The summed E-state index contributed by atoms with van der Waals surface area (Å²) in [6.07, 6.45) is 3.94. The number of rotatable bonds is 8. The molecule has 0 spiro atoms. The second-order valence-corrected chi connectivity index (χ2v) is 10.6. The summed E-state index contributed by atoms with van der Waals surface area (Å²) in [7, 11) is 1.54. The van der Waals surface area contributed by atoms with Crippen molar-refractivity contribution >= 4 is 28.9 Å². The Labute approximate surface area is 250 Å². The summed E-state index contributed by atoms with van der Waals surface area (Å²) >= 11 is 0. The summed E-state index contributed by atoms with van der Waals surface area (Å²) < 4.78 is 11.6. The zero-order valence-corrected chi connectivity index (χ0v) is 23.9. The van der Waals surface area contributed by atoms with Crippen molar-refractivity contribution in [1.29, 1.82) is 0 Å². The van der Waals surface area contributed by atoms with E-state index in [0.29, 0.717) is 51.9 Å². The predicted octanol–water partition coefficient (Wildman–Crippen LogP) is 6.09. The summed E-state index contributed by atoms with van der Waals surface area (Å²) in [5.41, 5.74) is 1.65. The summed E-state index contributed by atoms with van der Waals surface area (Å²) in [5, 5.41) is 21.2. The van der Waals surface area contributed by atoms with Crippen LogP contribution in [0, 0.1) is 5.92 Å². The van der Waals surface area contributed by atoms with E-state index in [4.69, 9.17) is 9.47 Å². The van der Waals surface area contributed by atoms with Crippen molar-refractivity contribution in [3.8, 4) is 17.2 Å². The van der Waals surface area contributed by atoms with Gasteiger partial charge in [0.25, 0.3) is 11.8 Å². The van der Waals surface area contributed by atoms with Crippen LogP contribution in [0.25, 0.3) is 0 Å². The molecule has 0 saturated carbocycles. The second-order valence-electron chi connectivity index (χ2n) is 10.6. The van der Waals surface area contributed by atoms with Crippen molar-refractivity contribution in [2.75, 3.05) is 23.5 Å². The van der Waals surface area contributed by atoms with Crippen molar-refractivity contribution in [2.24, 2.45) is 5.92 Å². The molecule has 0 unspecified atom stereocenters. The predicted molar refractivity (Wildman–Crippen MR) is 164 cm³/mol. The number of nitrogens with zero attached hydrogens (tertiary/aromatic N) is 2. The van der Waals surface area contributed by atoms with E-state index in [2.05, 4.69) is 0 Å². The van der Waals surface area contributed by atoms with Gasteiger partial charge in [-0.25, -0.2) is 0 Å². The maximum Gasteiger partial charge on any atom is 0.266 e. The molecule has 43 heavy (non-hydrogen) atoms. The van der Waals surface area contributed by atoms with Gasteiger partial charge in [0.2, 0.25) is 0 Å². The van der Waals surface area contributed by atoms with Crippen LogP contribution >= 0.6 is 0 Å². The molecule has 4 aromatic carbocycles. The number of methoxy groups -OCH3 is 1. The Kier molecular flexibility index (Phi) is 7.48. The average molecular weight is 577 g/mol. The Morgan fingerprint density at radius 1 is 0.930 bits per heavy atom. The molecule has 0 radical (unpaired) electrons. The first-order valence-electron chi connectivity index (χ1n) is 14.2. The van der Waals surface area contributed by atoms with Gasteiger partial charge < -0.3 is 24.6 Å². The molecule has 0 bridgehead atoms. The number of carbonyl (C=O) groups excluding carboxylic acids is 2. The third-order valence-electron chi connectivity index (χ3n) is 8.01. The van der Waals surface area contributed by atoms with Crippen molar-refractivity contribution in [3.63, 3.8) is 0 Å². The van der Waals surface area contributed by atoms with Crippen molar-refractivity contribution in [2.45, 2.75) is 25.5 Å². The topological polar surface area (TPSA) is 99.5 Å². The van der Waals surface area contributed by atoms with Crippen molar-refractivity contribution in [1.82, 2.24) is 0 Å². The van der Waals surface area contributed by atoms with Crippen LogP contribution in [0.1, 0.15) is 34.8 Å². The molecule has 0 aromatic heterocycles. The first kappa shape index (κ1) is 28.2. The first-order valence-corrected chi connectivity index (χ1v) is 14.2. The zero-order valence-electron chi connectivity index (χ0n) is 23.9. The van der Waals surface area contributed by atoms with Crippen molar-refractivity contribution < 1.29 is 29.3 Å². The van der Waals surface area contributed by atoms with Gasteiger partial charge in [0.05, 0.1) is 30.6 Å². The lowest BCUT2D eigenvalue weighted by atomic mass is 9.83. The van der Waals surface area contributed by atoms with E-state index in [1.165, 1.54) is 7.11 Å². The minimum atomic E-state index is -1.83. The summed E-state index contributed by atoms with van der Waals surface area (Å²) in [6.45, 7) is 1.92. The van der Waals surface area contributed by atoms with E-state index < -0.39 is 17.4 Å². The summed E-state index contributed by atoms with van der Waals surface area (Å²) in [4.78, 5) is 31.1. The number of aliphatic hydroxyl groups excluding tert-OH is 1. The minimum Gasteiger partial charge on any atom is -0.497 e. The molecule has 2 aliphatic heterocycles. The van der Waals surface area contributed by atoms with Crippen LogP contribution < -0.4 is 19.3 Å². The molecule has 4 aromatic rings. The molecule has 2 amide bonds. The van der Waals surface area contributed by atoms with E-state index in [0.717, 1.165) is 5.56 Å². The standard InChI is InChI=1S/C35H32N2O6/c1-23(10-7-8-19-38)35(41)28-21-26(42-2)17-18-29(28)36(34(35)40)22-24-11-9-12-25(20-24)37-30-14-4-6-16-32(30)43-31-15-5-3-13-27(31)33(37)39/h3-7,9-18,20-21,23,38,41H,8,19,22H2,1-2H3/b10-7+/t23-,35+/m1/s1. The van der Waals surface area contributed by atoms with E-state index in [1.54, 1.807) is 65.3 Å². The average Bonchev–Trinajstić information content (AvgIpc) is 3.15. The smallest absolute Gasteiger partial charge is 0.266 e. The number of benzene rings is 4. The van der Waals surface area contributed by atoms with Gasteiger partial charge in [-0.2, -0.15) is 0 Å². The van der Waals surface area contributed by atoms with Crippen LogP contribution in [-0.2, 0) is 16.9 Å². The van der Waals surface area contributed by atoms with Gasteiger partial charge in [0.1, 0.15) is 11.5 Å². The quantitative estimate of drug-likeness (QED) is 0.246. The van der Waals surface area contributed by atoms with Crippen LogP contribution in [0.2, 0.25) is 0 Å². The Morgan fingerprint density at radius 2 is 1.70 bits per heavy atom. The van der Waals surface area contributed by atoms with Gasteiger partial charge >= 0.3 is 0 Å². The molecular weight excluding hydrogens is 544 g/mol. The summed E-state index contributed by atoms with van der Waals surface area (Å²) in [6, 6.07) is 27.2. The van der Waals surface area contributed by atoms with E-state index in [-0.39, 0.29) is 19.1 Å². The number of hydrogen-bond acceptors (Lipinski definition) is 6. The molecule has 2 atom stereocenters. The molecule has 0 fully saturated rings. The Hall–Kier alpha value is -4.92. The van der Waals surface area contributed by atoms with Gasteiger partial charge in [0, 0.05) is 23.8 Å². The molecule has 8 heteroatoms. The summed E-state index contributed by atoms with van der Waals surface area (Å²) in [5.74, 6) is 0.305. The lowest BCUT2D eigenvalue weighted by Gasteiger charge is -2.28. The van der Waals surface area contributed by atoms with Crippen LogP contribution in [0.5, 0.6) is 17.2 Å². The maximum absolute atomic E-state index is 14.0. The molecule has 0 aliphatic carbocycles. The molecule has 2 heterocycles. The molecule has 2 N–H and O–H groups in total. The highest BCUT2D eigenvalue weighted by Crippen LogP contribution is 2.48. The number of amides is 2. The maximum atomic E-state index is 14.0. The number of anilines is 3. The molecule has 218 valence electrons. The highest BCUT2D eigenvalue weighted by atomic mass is 16.5. The number of hydrogen-bond donors (Lipinski definition) is 2. The molecule has 6 rings (SSSR count). The molecular formula is C35H32N2O6. The monoisotopic (exact) mass is 576 g/mol. The van der Waals surface area contributed by atoms with Crippen LogP contribution in [0.4, 0.5) is 17.1 Å². The number of fused-ring (bicyclic) bond motifs is 3. The Balaban J connectivity index is 1.39. The molecule has 8 nitrogen and oxygen atoms in total. The van der Waals surface area contributed by atoms with Crippen LogP contribution in [0.3, 0.4) is 0 Å². The fourth-order valence-electron chi connectivity index (χ4n) is 5.77. The van der Waals surface area contributed by atoms with Gasteiger partial charge in [-0.3, -0.25) is 14.5 Å². The number of para-hydroxylation sites is 3. The Morgan fingerprint density at radius 3 is 2.49 bits per heavy atom. The molecule has 0 saturated heterocycles. The van der Waals surface area contributed by atoms with Crippen molar-refractivity contribution in [3.05, 3.63) is 120 Å². The Bertz CT molecular complexity index is 1730. The highest BCUT2D eigenvalue weighted by molar-refractivity contribution is 6.14. The largest absolute Gasteiger partial charge is 0.497 e. The third kappa shape index (κ3) is 4.84. The third-order valence-corrected chi connectivity index (χ3v) is 8.01. The number of carbonyl (C=O) groups is 2. The zero-order chi connectivity index (χ0) is 30.1.